The van der Waals surface area contributed by atoms with E-state index in [1.54, 1.807) is 36.5 Å². The molecule has 1 aromatic carbocycles. The molecule has 10 heteroatoms. The number of rotatable bonds is 5. The topological polar surface area (TPSA) is 117 Å². The van der Waals surface area contributed by atoms with E-state index < -0.39 is 16.1 Å². The van der Waals surface area contributed by atoms with Crippen molar-refractivity contribution in [3.8, 4) is 0 Å². The number of amides is 1. The Kier molecular flexibility index (Phi) is 5.93. The number of likely N-dealkylation sites (tertiary alicyclic amines) is 1. The van der Waals surface area contributed by atoms with Gasteiger partial charge < -0.3 is 15.3 Å². The molecule has 2 aromatic heterocycles. The number of aromatic nitrogens is 3. The Morgan fingerprint density at radius 1 is 1.09 bits per heavy atom. The second kappa shape index (κ2) is 8.90. The van der Waals surface area contributed by atoms with Crippen LogP contribution >= 0.6 is 0 Å². The molecular formula is C24H29N5O4S. The maximum atomic E-state index is 13.5. The summed E-state index contributed by atoms with van der Waals surface area (Å²) in [6.45, 7) is 2.27. The summed E-state index contributed by atoms with van der Waals surface area (Å²) >= 11 is 0. The van der Waals surface area contributed by atoms with E-state index in [9.17, 15) is 18.3 Å². The van der Waals surface area contributed by atoms with Crippen LogP contribution in [-0.4, -0.2) is 57.1 Å². The molecule has 1 aliphatic carbocycles. The lowest BCUT2D eigenvalue weighted by atomic mass is 9.97. The van der Waals surface area contributed by atoms with Gasteiger partial charge in [-0.15, -0.1) is 0 Å². The van der Waals surface area contributed by atoms with Crippen LogP contribution in [-0.2, 0) is 10.0 Å². The van der Waals surface area contributed by atoms with E-state index in [-0.39, 0.29) is 22.9 Å². The van der Waals surface area contributed by atoms with Crippen LogP contribution in [0.5, 0.6) is 0 Å². The highest BCUT2D eigenvalue weighted by atomic mass is 32.2. The van der Waals surface area contributed by atoms with Crippen molar-refractivity contribution in [1.29, 1.82) is 0 Å². The zero-order valence-corrected chi connectivity index (χ0v) is 19.9. The van der Waals surface area contributed by atoms with Crippen LogP contribution in [0.1, 0.15) is 56.9 Å². The first-order chi connectivity index (χ1) is 16.4. The molecule has 3 aromatic rings. The summed E-state index contributed by atoms with van der Waals surface area (Å²) in [5.41, 5.74) is 1.29. The Balaban J connectivity index is 1.59. The van der Waals surface area contributed by atoms with Gasteiger partial charge in [0.05, 0.1) is 10.3 Å². The predicted molar refractivity (Wildman–Crippen MR) is 129 cm³/mol. The van der Waals surface area contributed by atoms with Crippen molar-refractivity contribution >= 4 is 33.0 Å². The van der Waals surface area contributed by atoms with Crippen molar-refractivity contribution in [3.63, 3.8) is 0 Å². The largest absolute Gasteiger partial charge is 0.465 e. The van der Waals surface area contributed by atoms with Gasteiger partial charge in [-0.1, -0.05) is 31.0 Å². The van der Waals surface area contributed by atoms with Gasteiger partial charge in [0.1, 0.15) is 12.1 Å². The molecule has 2 atom stereocenters. The summed E-state index contributed by atoms with van der Waals surface area (Å²) in [4.78, 5) is 22.2. The fourth-order valence-corrected chi connectivity index (χ4v) is 6.64. The normalized spacial score (nSPS) is 21.7. The van der Waals surface area contributed by atoms with Gasteiger partial charge in [-0.2, -0.15) is 0 Å². The Labute approximate surface area is 198 Å². The molecule has 34 heavy (non-hydrogen) atoms. The van der Waals surface area contributed by atoms with Crippen LogP contribution in [0.4, 0.5) is 10.6 Å². The monoisotopic (exact) mass is 483 g/mol. The molecule has 0 unspecified atom stereocenters. The first kappa shape index (κ1) is 22.6. The molecular weight excluding hydrogens is 454 g/mol. The lowest BCUT2D eigenvalue weighted by molar-refractivity contribution is 0.108. The number of nitrogens with zero attached hydrogens (tertiary/aromatic N) is 4. The van der Waals surface area contributed by atoms with Gasteiger partial charge in [-0.25, -0.2) is 27.2 Å². The van der Waals surface area contributed by atoms with Gasteiger partial charge in [-0.3, -0.25) is 0 Å². The average Bonchev–Trinajstić information content (AvgIpc) is 3.49. The average molecular weight is 484 g/mol. The van der Waals surface area contributed by atoms with Crippen molar-refractivity contribution in [2.45, 2.75) is 68.3 Å². The number of nitrogens with one attached hydrogen (secondary N) is 1. The molecule has 1 aliphatic heterocycles. The fraction of sp³-hybridized carbons (Fsp3) is 0.458. The van der Waals surface area contributed by atoms with E-state index in [2.05, 4.69) is 15.3 Å². The van der Waals surface area contributed by atoms with Crippen molar-refractivity contribution in [1.82, 2.24) is 18.8 Å². The summed E-state index contributed by atoms with van der Waals surface area (Å²) in [6.07, 6.45) is 7.91. The van der Waals surface area contributed by atoms with Crippen molar-refractivity contribution < 1.29 is 18.3 Å². The van der Waals surface area contributed by atoms with Crippen LogP contribution in [0.2, 0.25) is 0 Å². The zero-order chi connectivity index (χ0) is 23.9. The molecule has 2 N–H and O–H groups in total. The van der Waals surface area contributed by atoms with Crippen LogP contribution in [0.15, 0.2) is 47.8 Å². The van der Waals surface area contributed by atoms with Gasteiger partial charge in [-0.05, 0) is 56.2 Å². The van der Waals surface area contributed by atoms with Crippen LogP contribution in [0.3, 0.4) is 0 Å². The molecule has 0 spiro atoms. The van der Waals surface area contributed by atoms with E-state index in [4.69, 9.17) is 0 Å². The lowest BCUT2D eigenvalue weighted by Gasteiger charge is -2.36. The van der Waals surface area contributed by atoms with Crippen molar-refractivity contribution in [3.05, 3.63) is 48.4 Å². The summed E-state index contributed by atoms with van der Waals surface area (Å²) in [5, 5.41) is 13.7. The lowest BCUT2D eigenvalue weighted by Crippen LogP contribution is -2.49. The standard InChI is InChI=1S/C24H29N5O4S/c1-16-11-12-18(13-28(16)24(30)31)27-22-21-20(17-7-5-6-8-17)14-29(23(21)26-15-25-22)34(32,33)19-9-3-2-4-10-19/h2-4,9-10,14-18H,5-8,11-13H2,1H3,(H,30,31)(H,25,26,27)/t16-,18+/m0/s1. The summed E-state index contributed by atoms with van der Waals surface area (Å²) < 4.78 is 28.4. The zero-order valence-electron chi connectivity index (χ0n) is 19.1. The molecule has 180 valence electrons. The molecule has 1 amide bonds. The van der Waals surface area contributed by atoms with Crippen molar-refractivity contribution in [2.24, 2.45) is 0 Å². The van der Waals surface area contributed by atoms with Crippen LogP contribution in [0, 0.1) is 0 Å². The van der Waals surface area contributed by atoms with Gasteiger partial charge in [0.2, 0.25) is 0 Å². The molecule has 0 bridgehead atoms. The third-order valence-corrected chi connectivity index (χ3v) is 8.81. The minimum atomic E-state index is -3.84. The highest BCUT2D eigenvalue weighted by molar-refractivity contribution is 7.90. The van der Waals surface area contributed by atoms with Gasteiger partial charge in [0, 0.05) is 24.8 Å². The predicted octanol–water partition coefficient (Wildman–Crippen LogP) is 4.27. The maximum Gasteiger partial charge on any atom is 0.407 e. The fourth-order valence-electron chi connectivity index (χ4n) is 5.29. The number of benzene rings is 1. The smallest absolute Gasteiger partial charge is 0.407 e. The molecule has 2 aliphatic rings. The van der Waals surface area contributed by atoms with Gasteiger partial charge in [0.15, 0.2) is 5.65 Å². The highest BCUT2D eigenvalue weighted by Crippen LogP contribution is 2.41. The second-order valence-corrected chi connectivity index (χ2v) is 11.1. The van der Waals surface area contributed by atoms with E-state index >= 15 is 0 Å². The molecule has 1 saturated carbocycles. The Morgan fingerprint density at radius 3 is 2.53 bits per heavy atom. The number of piperidine rings is 1. The van der Waals surface area contributed by atoms with E-state index in [0.717, 1.165) is 49.5 Å². The third-order valence-electron chi connectivity index (χ3n) is 7.14. The number of fused-ring (bicyclic) bond motifs is 1. The number of hydrogen-bond donors (Lipinski definition) is 2. The molecule has 2 fully saturated rings. The number of carbonyl (C=O) groups is 1. The summed E-state index contributed by atoms with van der Waals surface area (Å²) in [6, 6.07) is 8.21. The number of carboxylic acid groups (broad SMARTS) is 1. The first-order valence-electron chi connectivity index (χ1n) is 11.8. The Hall–Kier alpha value is -3.14. The number of anilines is 1. The third kappa shape index (κ3) is 4.00. The van der Waals surface area contributed by atoms with E-state index in [0.29, 0.717) is 18.0 Å². The molecule has 1 saturated heterocycles. The summed E-state index contributed by atoms with van der Waals surface area (Å²) in [7, 11) is -3.84. The Morgan fingerprint density at radius 2 is 1.82 bits per heavy atom. The van der Waals surface area contributed by atoms with Crippen LogP contribution < -0.4 is 5.32 Å². The van der Waals surface area contributed by atoms with E-state index in [1.807, 2.05) is 6.92 Å². The van der Waals surface area contributed by atoms with E-state index in [1.165, 1.54) is 15.2 Å². The minimum absolute atomic E-state index is 0.0351. The molecule has 0 radical (unpaired) electrons. The van der Waals surface area contributed by atoms with Crippen LogP contribution in [0.25, 0.3) is 11.0 Å². The molecule has 3 heterocycles. The quantitative estimate of drug-likeness (QED) is 0.556. The Bertz CT molecular complexity index is 1300. The SMILES string of the molecule is C[C@H]1CC[C@@H](Nc2ncnc3c2c(C2CCCC2)cn3S(=O)(=O)c2ccccc2)CN1C(=O)O. The van der Waals surface area contributed by atoms with Gasteiger partial charge in [0.25, 0.3) is 10.0 Å². The van der Waals surface area contributed by atoms with Gasteiger partial charge >= 0.3 is 6.09 Å². The number of hydrogen-bond acceptors (Lipinski definition) is 6. The maximum absolute atomic E-state index is 13.5. The molecule has 5 rings (SSSR count). The molecule has 9 nitrogen and oxygen atoms in total. The van der Waals surface area contributed by atoms with Crippen molar-refractivity contribution in [2.75, 3.05) is 11.9 Å². The minimum Gasteiger partial charge on any atom is -0.465 e. The second-order valence-electron chi connectivity index (χ2n) is 9.30. The highest BCUT2D eigenvalue weighted by Gasteiger charge is 2.32. The first-order valence-corrected chi connectivity index (χ1v) is 13.2. The summed E-state index contributed by atoms with van der Waals surface area (Å²) in [5.74, 6) is 0.807.